The standard InChI is InChI=1S/C16H18BrN/c1-10-6-11(2)8-13(7-10)16(18)15-5-4-14(17)9-12(15)3/h4-9,16H,18H2,1-3H3. The van der Waals surface area contributed by atoms with Crippen molar-refractivity contribution in [2.45, 2.75) is 26.8 Å². The summed E-state index contributed by atoms with van der Waals surface area (Å²) >= 11 is 3.48. The Kier molecular flexibility index (Phi) is 3.88. The zero-order valence-corrected chi connectivity index (χ0v) is 12.6. The summed E-state index contributed by atoms with van der Waals surface area (Å²) in [6.45, 7) is 6.32. The number of hydrogen-bond donors (Lipinski definition) is 1. The van der Waals surface area contributed by atoms with Gasteiger partial charge in [-0.15, -0.1) is 0 Å². The van der Waals surface area contributed by atoms with Crippen LogP contribution in [-0.2, 0) is 0 Å². The van der Waals surface area contributed by atoms with Gasteiger partial charge in [0.25, 0.3) is 0 Å². The summed E-state index contributed by atoms with van der Waals surface area (Å²) in [6.07, 6.45) is 0. The highest BCUT2D eigenvalue weighted by atomic mass is 79.9. The van der Waals surface area contributed by atoms with Crippen LogP contribution in [0.2, 0.25) is 0 Å². The quantitative estimate of drug-likeness (QED) is 0.873. The zero-order chi connectivity index (χ0) is 13.3. The van der Waals surface area contributed by atoms with Crippen LogP contribution in [0.4, 0.5) is 0 Å². The molecule has 0 radical (unpaired) electrons. The van der Waals surface area contributed by atoms with E-state index in [2.05, 4.69) is 67.0 Å². The summed E-state index contributed by atoms with van der Waals surface area (Å²) in [6, 6.07) is 12.7. The lowest BCUT2D eigenvalue weighted by atomic mass is 9.94. The van der Waals surface area contributed by atoms with Gasteiger partial charge in [0.15, 0.2) is 0 Å². The van der Waals surface area contributed by atoms with E-state index in [-0.39, 0.29) is 6.04 Å². The van der Waals surface area contributed by atoms with E-state index in [1.54, 1.807) is 0 Å². The molecule has 0 spiro atoms. The monoisotopic (exact) mass is 303 g/mol. The van der Waals surface area contributed by atoms with Gasteiger partial charge in [0.2, 0.25) is 0 Å². The van der Waals surface area contributed by atoms with Gasteiger partial charge < -0.3 is 5.73 Å². The molecule has 2 N–H and O–H groups in total. The van der Waals surface area contributed by atoms with Gasteiger partial charge in [-0.25, -0.2) is 0 Å². The zero-order valence-electron chi connectivity index (χ0n) is 11.0. The Morgan fingerprint density at radius 2 is 1.56 bits per heavy atom. The SMILES string of the molecule is Cc1cc(C)cc(C(N)c2ccc(Br)cc2C)c1. The average Bonchev–Trinajstić information content (AvgIpc) is 2.26. The summed E-state index contributed by atoms with van der Waals surface area (Å²) in [7, 11) is 0. The van der Waals surface area contributed by atoms with Crippen LogP contribution in [0, 0.1) is 20.8 Å². The summed E-state index contributed by atoms with van der Waals surface area (Å²) < 4.78 is 1.09. The summed E-state index contributed by atoms with van der Waals surface area (Å²) in [5, 5.41) is 0. The first kappa shape index (κ1) is 13.3. The molecule has 0 bridgehead atoms. The molecule has 2 aromatic rings. The van der Waals surface area contributed by atoms with Crippen LogP contribution in [0.3, 0.4) is 0 Å². The van der Waals surface area contributed by atoms with Crippen molar-refractivity contribution < 1.29 is 0 Å². The Bertz CT molecular complexity index is 555. The molecule has 0 heterocycles. The lowest BCUT2D eigenvalue weighted by Gasteiger charge is -2.17. The van der Waals surface area contributed by atoms with Crippen molar-refractivity contribution in [3.05, 3.63) is 68.7 Å². The van der Waals surface area contributed by atoms with Crippen molar-refractivity contribution in [1.29, 1.82) is 0 Å². The fourth-order valence-corrected chi connectivity index (χ4v) is 2.83. The molecule has 2 heteroatoms. The van der Waals surface area contributed by atoms with Crippen molar-refractivity contribution in [1.82, 2.24) is 0 Å². The molecule has 0 fully saturated rings. The average molecular weight is 304 g/mol. The topological polar surface area (TPSA) is 26.0 Å². The smallest absolute Gasteiger partial charge is 0.0554 e. The molecule has 1 nitrogen and oxygen atoms in total. The van der Waals surface area contributed by atoms with E-state index in [0.29, 0.717) is 0 Å². The van der Waals surface area contributed by atoms with Gasteiger partial charge in [-0.05, 0) is 49.6 Å². The predicted molar refractivity (Wildman–Crippen MR) is 80.8 cm³/mol. The Morgan fingerprint density at radius 3 is 2.11 bits per heavy atom. The maximum atomic E-state index is 6.39. The molecule has 94 valence electrons. The lowest BCUT2D eigenvalue weighted by Crippen LogP contribution is -2.13. The highest BCUT2D eigenvalue weighted by Gasteiger charge is 2.12. The van der Waals surface area contributed by atoms with E-state index < -0.39 is 0 Å². The molecule has 2 rings (SSSR count). The summed E-state index contributed by atoms with van der Waals surface area (Å²) in [4.78, 5) is 0. The van der Waals surface area contributed by atoms with Gasteiger partial charge in [-0.3, -0.25) is 0 Å². The lowest BCUT2D eigenvalue weighted by molar-refractivity contribution is 0.858. The van der Waals surface area contributed by atoms with Crippen LogP contribution >= 0.6 is 15.9 Å². The van der Waals surface area contributed by atoms with E-state index in [4.69, 9.17) is 5.73 Å². The summed E-state index contributed by atoms with van der Waals surface area (Å²) in [5.41, 5.74) is 12.5. The first-order valence-corrected chi connectivity index (χ1v) is 6.86. The minimum atomic E-state index is -0.0586. The van der Waals surface area contributed by atoms with Gasteiger partial charge in [0, 0.05) is 4.47 Å². The largest absolute Gasteiger partial charge is 0.320 e. The number of rotatable bonds is 2. The maximum Gasteiger partial charge on any atom is 0.0554 e. The van der Waals surface area contributed by atoms with E-state index in [9.17, 15) is 0 Å². The number of aryl methyl sites for hydroxylation is 3. The Morgan fingerprint density at radius 1 is 0.944 bits per heavy atom. The minimum Gasteiger partial charge on any atom is -0.320 e. The molecule has 18 heavy (non-hydrogen) atoms. The first-order chi connectivity index (χ1) is 8.47. The number of nitrogens with two attached hydrogens (primary N) is 1. The fourth-order valence-electron chi connectivity index (χ4n) is 2.36. The molecule has 0 aromatic heterocycles. The van der Waals surface area contributed by atoms with Crippen LogP contribution in [-0.4, -0.2) is 0 Å². The molecule has 0 aliphatic carbocycles. The molecular weight excluding hydrogens is 286 g/mol. The molecule has 1 unspecified atom stereocenters. The van der Waals surface area contributed by atoms with Crippen molar-refractivity contribution in [2.24, 2.45) is 5.73 Å². The Balaban J connectivity index is 2.44. The van der Waals surface area contributed by atoms with Gasteiger partial charge >= 0.3 is 0 Å². The van der Waals surface area contributed by atoms with Crippen LogP contribution in [0.5, 0.6) is 0 Å². The second kappa shape index (κ2) is 5.25. The van der Waals surface area contributed by atoms with Crippen LogP contribution in [0.25, 0.3) is 0 Å². The summed E-state index contributed by atoms with van der Waals surface area (Å²) in [5.74, 6) is 0. The molecule has 0 saturated heterocycles. The molecule has 0 aliphatic rings. The third-order valence-electron chi connectivity index (χ3n) is 3.17. The van der Waals surface area contributed by atoms with Crippen molar-refractivity contribution >= 4 is 15.9 Å². The molecular formula is C16H18BrN. The minimum absolute atomic E-state index is 0.0586. The van der Waals surface area contributed by atoms with Gasteiger partial charge in [-0.1, -0.05) is 51.3 Å². The number of benzene rings is 2. The highest BCUT2D eigenvalue weighted by molar-refractivity contribution is 9.10. The van der Waals surface area contributed by atoms with Gasteiger partial charge in [-0.2, -0.15) is 0 Å². The van der Waals surface area contributed by atoms with Crippen LogP contribution in [0.1, 0.15) is 33.9 Å². The Hall–Kier alpha value is -1.12. The van der Waals surface area contributed by atoms with Crippen molar-refractivity contribution in [3.63, 3.8) is 0 Å². The molecule has 0 aliphatic heterocycles. The molecule has 2 aromatic carbocycles. The number of hydrogen-bond acceptors (Lipinski definition) is 1. The fraction of sp³-hybridized carbons (Fsp3) is 0.250. The van der Waals surface area contributed by atoms with Gasteiger partial charge in [0.05, 0.1) is 6.04 Å². The third-order valence-corrected chi connectivity index (χ3v) is 3.66. The molecule has 1 atom stereocenters. The third kappa shape index (κ3) is 2.82. The highest BCUT2D eigenvalue weighted by Crippen LogP contribution is 2.26. The van der Waals surface area contributed by atoms with E-state index in [0.717, 1.165) is 4.47 Å². The van der Waals surface area contributed by atoms with Crippen molar-refractivity contribution in [2.75, 3.05) is 0 Å². The number of halogens is 1. The Labute approximate surface area is 117 Å². The second-order valence-corrected chi connectivity index (χ2v) is 5.82. The van der Waals surface area contributed by atoms with Crippen molar-refractivity contribution in [3.8, 4) is 0 Å². The first-order valence-electron chi connectivity index (χ1n) is 6.07. The van der Waals surface area contributed by atoms with E-state index >= 15 is 0 Å². The van der Waals surface area contributed by atoms with Crippen LogP contribution < -0.4 is 5.73 Å². The normalized spacial score (nSPS) is 12.5. The van der Waals surface area contributed by atoms with E-state index in [1.807, 2.05) is 6.07 Å². The predicted octanol–water partition coefficient (Wildman–Crippen LogP) is 4.42. The molecule has 0 saturated carbocycles. The molecule has 0 amide bonds. The van der Waals surface area contributed by atoms with E-state index in [1.165, 1.54) is 27.8 Å². The maximum absolute atomic E-state index is 6.39. The van der Waals surface area contributed by atoms with Crippen LogP contribution in [0.15, 0.2) is 40.9 Å². The van der Waals surface area contributed by atoms with Gasteiger partial charge in [0.1, 0.15) is 0 Å². The second-order valence-electron chi connectivity index (χ2n) is 4.90.